The number of hydrogen-bond acceptors (Lipinski definition) is 0. The van der Waals surface area contributed by atoms with E-state index in [9.17, 15) is 0 Å². The van der Waals surface area contributed by atoms with Crippen molar-refractivity contribution < 1.29 is 0 Å². The Hall–Kier alpha value is -4.36. The van der Waals surface area contributed by atoms with Gasteiger partial charge in [0.05, 0.1) is 11.0 Å². The first-order valence-corrected chi connectivity index (χ1v) is 11.5. The van der Waals surface area contributed by atoms with Crippen LogP contribution in [0.5, 0.6) is 0 Å². The number of nitrogens with zero attached hydrogens (tertiary/aromatic N) is 1. The van der Waals surface area contributed by atoms with Gasteiger partial charge in [-0.15, -0.1) is 0 Å². The van der Waals surface area contributed by atoms with Gasteiger partial charge in [0, 0.05) is 22.0 Å². The molecule has 0 unspecified atom stereocenters. The Morgan fingerprint density at radius 1 is 0.424 bits per heavy atom. The Labute approximate surface area is 191 Å². The van der Waals surface area contributed by atoms with E-state index in [4.69, 9.17) is 0 Å². The Kier molecular flexibility index (Phi) is 3.19. The van der Waals surface area contributed by atoms with Crippen LogP contribution in [-0.2, 0) is 0 Å². The van der Waals surface area contributed by atoms with E-state index >= 15 is 0 Å². The van der Waals surface area contributed by atoms with Crippen LogP contribution in [0.15, 0.2) is 115 Å². The van der Waals surface area contributed by atoms with Crippen molar-refractivity contribution in [3.8, 4) is 27.9 Å². The maximum Gasteiger partial charge on any atom is 0.0547 e. The first kappa shape index (κ1) is 17.2. The van der Waals surface area contributed by atoms with E-state index < -0.39 is 0 Å². The van der Waals surface area contributed by atoms with Crippen LogP contribution in [-0.4, -0.2) is 4.57 Å². The van der Waals surface area contributed by atoms with Crippen LogP contribution in [0, 0.1) is 0 Å². The lowest BCUT2D eigenvalue weighted by Crippen LogP contribution is -1.94. The molecule has 1 nitrogen and oxygen atoms in total. The third kappa shape index (κ3) is 2.16. The molecule has 6 aromatic carbocycles. The standard InChI is InChI=1S/C32H19N/c1-2-8-22-19-23(16-15-20(22)7-1)33-28-14-4-3-11-26(28)32-29(33)18-17-25-24-12-5-9-21-10-6-13-27(30(21)24)31(25)32/h1-19H. The van der Waals surface area contributed by atoms with Crippen molar-refractivity contribution >= 4 is 43.4 Å². The van der Waals surface area contributed by atoms with Gasteiger partial charge in [-0.25, -0.2) is 0 Å². The maximum absolute atomic E-state index is 2.43. The van der Waals surface area contributed by atoms with Crippen LogP contribution in [0.2, 0.25) is 0 Å². The molecule has 1 aromatic heterocycles. The molecule has 1 aliphatic carbocycles. The summed E-state index contributed by atoms with van der Waals surface area (Å²) in [7, 11) is 0. The fourth-order valence-corrected chi connectivity index (χ4v) is 5.93. The van der Waals surface area contributed by atoms with Crippen LogP contribution in [0.3, 0.4) is 0 Å². The summed E-state index contributed by atoms with van der Waals surface area (Å²) in [5.41, 5.74) is 9.13. The lowest BCUT2D eigenvalue weighted by atomic mass is 9.98. The van der Waals surface area contributed by atoms with E-state index in [0.29, 0.717) is 0 Å². The van der Waals surface area contributed by atoms with Crippen molar-refractivity contribution in [2.75, 3.05) is 0 Å². The quantitative estimate of drug-likeness (QED) is 0.252. The summed E-state index contributed by atoms with van der Waals surface area (Å²) in [6.07, 6.45) is 0. The van der Waals surface area contributed by atoms with Crippen molar-refractivity contribution in [1.82, 2.24) is 4.57 Å². The number of fused-ring (bicyclic) bond motifs is 8. The molecule has 0 aliphatic heterocycles. The normalized spacial score (nSPS) is 12.2. The van der Waals surface area contributed by atoms with E-state index in [1.165, 1.54) is 71.3 Å². The van der Waals surface area contributed by atoms with Crippen molar-refractivity contribution in [3.05, 3.63) is 115 Å². The molecule has 7 aromatic rings. The molecule has 33 heavy (non-hydrogen) atoms. The van der Waals surface area contributed by atoms with Gasteiger partial charge in [0.2, 0.25) is 0 Å². The molecule has 1 heterocycles. The minimum atomic E-state index is 1.20. The summed E-state index contributed by atoms with van der Waals surface area (Å²) < 4.78 is 2.43. The highest BCUT2D eigenvalue weighted by Gasteiger charge is 2.26. The van der Waals surface area contributed by atoms with Crippen LogP contribution in [0.1, 0.15) is 0 Å². The van der Waals surface area contributed by atoms with Crippen molar-refractivity contribution in [1.29, 1.82) is 0 Å². The van der Waals surface area contributed by atoms with Gasteiger partial charge < -0.3 is 4.57 Å². The highest BCUT2D eigenvalue weighted by molar-refractivity contribution is 6.26. The lowest BCUT2D eigenvalue weighted by molar-refractivity contribution is 1.19. The molecular weight excluding hydrogens is 398 g/mol. The van der Waals surface area contributed by atoms with E-state index in [0.717, 1.165) is 0 Å². The van der Waals surface area contributed by atoms with Gasteiger partial charge in [-0.05, 0) is 62.5 Å². The summed E-state index contributed by atoms with van der Waals surface area (Å²) in [6.45, 7) is 0. The number of rotatable bonds is 1. The average molecular weight is 418 g/mol. The summed E-state index contributed by atoms with van der Waals surface area (Å²) in [5, 5.41) is 7.88. The Morgan fingerprint density at radius 3 is 2.09 bits per heavy atom. The van der Waals surface area contributed by atoms with E-state index in [1.54, 1.807) is 0 Å². The number of para-hydroxylation sites is 1. The number of hydrogen-bond donors (Lipinski definition) is 0. The summed E-state index contributed by atoms with van der Waals surface area (Å²) in [6, 6.07) is 42.2. The predicted molar refractivity (Wildman–Crippen MR) is 140 cm³/mol. The molecule has 0 spiro atoms. The monoisotopic (exact) mass is 417 g/mol. The van der Waals surface area contributed by atoms with Crippen LogP contribution >= 0.6 is 0 Å². The second-order valence-corrected chi connectivity index (χ2v) is 8.98. The highest BCUT2D eigenvalue weighted by atomic mass is 15.0. The molecule has 1 heteroatoms. The van der Waals surface area contributed by atoms with Gasteiger partial charge in [-0.2, -0.15) is 0 Å². The Morgan fingerprint density at radius 2 is 1.18 bits per heavy atom. The Bertz CT molecular complexity index is 1910. The molecule has 0 saturated carbocycles. The molecule has 0 fully saturated rings. The number of benzene rings is 6. The first-order valence-electron chi connectivity index (χ1n) is 11.5. The zero-order chi connectivity index (χ0) is 21.5. The minimum absolute atomic E-state index is 1.20. The zero-order valence-corrected chi connectivity index (χ0v) is 17.9. The van der Waals surface area contributed by atoms with Crippen LogP contribution in [0.4, 0.5) is 0 Å². The van der Waals surface area contributed by atoms with Gasteiger partial charge in [-0.1, -0.05) is 91.0 Å². The molecule has 8 rings (SSSR count). The van der Waals surface area contributed by atoms with E-state index in [2.05, 4.69) is 120 Å². The van der Waals surface area contributed by atoms with Gasteiger partial charge >= 0.3 is 0 Å². The second-order valence-electron chi connectivity index (χ2n) is 8.98. The molecule has 1 aliphatic rings. The van der Waals surface area contributed by atoms with Gasteiger partial charge in [0.1, 0.15) is 0 Å². The molecule has 152 valence electrons. The van der Waals surface area contributed by atoms with Gasteiger partial charge in [0.25, 0.3) is 0 Å². The third-order valence-corrected chi connectivity index (χ3v) is 7.29. The molecule has 0 atom stereocenters. The minimum Gasteiger partial charge on any atom is -0.309 e. The SMILES string of the molecule is c1ccc2cc(-n3c4ccccc4c4c5c(ccc43)-c3cccc4cccc-5c34)ccc2c1. The van der Waals surface area contributed by atoms with Gasteiger partial charge in [-0.3, -0.25) is 0 Å². The molecule has 0 amide bonds. The fraction of sp³-hybridized carbons (Fsp3) is 0. The topological polar surface area (TPSA) is 4.93 Å². The van der Waals surface area contributed by atoms with Crippen molar-refractivity contribution in [2.24, 2.45) is 0 Å². The largest absolute Gasteiger partial charge is 0.309 e. The third-order valence-electron chi connectivity index (χ3n) is 7.29. The maximum atomic E-state index is 2.43. The van der Waals surface area contributed by atoms with Crippen molar-refractivity contribution in [2.45, 2.75) is 0 Å². The van der Waals surface area contributed by atoms with E-state index in [1.807, 2.05) is 0 Å². The average Bonchev–Trinajstić information content (AvgIpc) is 3.38. The molecule has 0 N–H and O–H groups in total. The predicted octanol–water partition coefficient (Wildman–Crippen LogP) is 8.74. The molecular formula is C32H19N. The van der Waals surface area contributed by atoms with Gasteiger partial charge in [0.15, 0.2) is 0 Å². The lowest BCUT2D eigenvalue weighted by Gasteiger charge is -2.10. The second kappa shape index (κ2) is 6.11. The fourth-order valence-electron chi connectivity index (χ4n) is 5.93. The van der Waals surface area contributed by atoms with Crippen LogP contribution < -0.4 is 0 Å². The molecule has 0 radical (unpaired) electrons. The Balaban J connectivity index is 1.55. The van der Waals surface area contributed by atoms with Crippen LogP contribution in [0.25, 0.3) is 71.3 Å². The van der Waals surface area contributed by atoms with E-state index in [-0.39, 0.29) is 0 Å². The first-order chi connectivity index (χ1) is 16.4. The summed E-state index contributed by atoms with van der Waals surface area (Å²) in [4.78, 5) is 0. The van der Waals surface area contributed by atoms with Crippen molar-refractivity contribution in [3.63, 3.8) is 0 Å². The zero-order valence-electron chi connectivity index (χ0n) is 17.9. The summed E-state index contributed by atoms with van der Waals surface area (Å²) >= 11 is 0. The number of aromatic nitrogens is 1. The summed E-state index contributed by atoms with van der Waals surface area (Å²) in [5.74, 6) is 0. The highest BCUT2D eigenvalue weighted by Crippen LogP contribution is 2.52. The molecule has 0 bridgehead atoms. The smallest absolute Gasteiger partial charge is 0.0547 e. The molecule has 0 saturated heterocycles.